The van der Waals surface area contributed by atoms with Crippen LogP contribution in [0.5, 0.6) is 0 Å². The van der Waals surface area contributed by atoms with E-state index in [0.29, 0.717) is 10.6 Å². The van der Waals surface area contributed by atoms with Crippen molar-refractivity contribution in [2.45, 2.75) is 30.8 Å². The number of alkyl halides is 3. The SMILES string of the molecule is CCSc1cccc(NCCCC(F)(F)F)c1C(=O)O. The molecule has 7 heteroatoms. The van der Waals surface area contributed by atoms with E-state index in [0.717, 1.165) is 5.75 Å². The van der Waals surface area contributed by atoms with Crippen molar-refractivity contribution in [1.82, 2.24) is 0 Å². The Hall–Kier alpha value is -1.37. The van der Waals surface area contributed by atoms with Crippen molar-refractivity contribution in [1.29, 1.82) is 0 Å². The molecule has 0 aliphatic carbocycles. The molecule has 0 aliphatic rings. The summed E-state index contributed by atoms with van der Waals surface area (Å²) in [4.78, 5) is 11.9. The van der Waals surface area contributed by atoms with E-state index in [4.69, 9.17) is 0 Å². The van der Waals surface area contributed by atoms with Gasteiger partial charge in [-0.15, -0.1) is 11.8 Å². The molecule has 112 valence electrons. The fraction of sp³-hybridized carbons (Fsp3) is 0.462. The van der Waals surface area contributed by atoms with E-state index in [2.05, 4.69) is 5.32 Å². The van der Waals surface area contributed by atoms with Crippen LogP contribution in [-0.4, -0.2) is 29.5 Å². The lowest BCUT2D eigenvalue weighted by atomic mass is 10.1. The van der Waals surface area contributed by atoms with Crippen LogP contribution in [-0.2, 0) is 0 Å². The summed E-state index contributed by atoms with van der Waals surface area (Å²) < 4.78 is 36.1. The summed E-state index contributed by atoms with van der Waals surface area (Å²) >= 11 is 1.39. The number of nitrogens with one attached hydrogen (secondary N) is 1. The highest BCUT2D eigenvalue weighted by molar-refractivity contribution is 7.99. The van der Waals surface area contributed by atoms with E-state index < -0.39 is 18.6 Å². The summed E-state index contributed by atoms with van der Waals surface area (Å²) in [6.45, 7) is 1.99. The minimum absolute atomic E-state index is 0.0834. The summed E-state index contributed by atoms with van der Waals surface area (Å²) in [5.74, 6) is -0.363. The zero-order valence-electron chi connectivity index (χ0n) is 11.0. The molecule has 0 aromatic heterocycles. The molecule has 0 spiro atoms. The van der Waals surface area contributed by atoms with Crippen molar-refractivity contribution < 1.29 is 23.1 Å². The molecule has 0 fully saturated rings. The van der Waals surface area contributed by atoms with Crippen LogP contribution in [0.15, 0.2) is 23.1 Å². The van der Waals surface area contributed by atoms with Crippen LogP contribution in [0.4, 0.5) is 18.9 Å². The van der Waals surface area contributed by atoms with Crippen molar-refractivity contribution in [2.24, 2.45) is 0 Å². The molecule has 1 aromatic carbocycles. The molecule has 2 N–H and O–H groups in total. The number of hydrogen-bond donors (Lipinski definition) is 2. The van der Waals surface area contributed by atoms with Gasteiger partial charge in [-0.05, 0) is 24.3 Å². The minimum atomic E-state index is -4.18. The van der Waals surface area contributed by atoms with Crippen LogP contribution in [0.2, 0.25) is 0 Å². The van der Waals surface area contributed by atoms with Gasteiger partial charge < -0.3 is 10.4 Å². The maximum absolute atomic E-state index is 12.0. The first-order valence-electron chi connectivity index (χ1n) is 6.15. The molecule has 0 bridgehead atoms. The van der Waals surface area contributed by atoms with Crippen LogP contribution in [0.25, 0.3) is 0 Å². The van der Waals surface area contributed by atoms with Gasteiger partial charge >= 0.3 is 12.1 Å². The van der Waals surface area contributed by atoms with Crippen molar-refractivity contribution in [3.05, 3.63) is 23.8 Å². The first-order chi connectivity index (χ1) is 9.35. The lowest BCUT2D eigenvalue weighted by Gasteiger charge is -2.13. The Morgan fingerprint density at radius 1 is 1.40 bits per heavy atom. The van der Waals surface area contributed by atoms with Gasteiger partial charge in [0.1, 0.15) is 0 Å². The highest BCUT2D eigenvalue weighted by atomic mass is 32.2. The Morgan fingerprint density at radius 2 is 2.10 bits per heavy atom. The van der Waals surface area contributed by atoms with Gasteiger partial charge in [-0.2, -0.15) is 13.2 Å². The second-order valence-corrected chi connectivity index (χ2v) is 5.37. The fourth-order valence-corrected chi connectivity index (χ4v) is 2.51. The van der Waals surface area contributed by atoms with E-state index in [1.54, 1.807) is 18.2 Å². The Kier molecular flexibility index (Phi) is 6.19. The number of carboxylic acids is 1. The van der Waals surface area contributed by atoms with E-state index in [9.17, 15) is 23.1 Å². The molecular weight excluding hydrogens is 291 g/mol. The van der Waals surface area contributed by atoms with Gasteiger partial charge in [0.05, 0.1) is 5.56 Å². The summed E-state index contributed by atoms with van der Waals surface area (Å²) in [6, 6.07) is 4.95. The zero-order chi connectivity index (χ0) is 15.2. The van der Waals surface area contributed by atoms with Gasteiger partial charge in [0, 0.05) is 23.5 Å². The largest absolute Gasteiger partial charge is 0.478 e. The smallest absolute Gasteiger partial charge is 0.389 e. The number of anilines is 1. The quantitative estimate of drug-likeness (QED) is 0.584. The van der Waals surface area contributed by atoms with Crippen molar-refractivity contribution in [3.63, 3.8) is 0 Å². The maximum atomic E-state index is 12.0. The third-order valence-corrected chi connectivity index (χ3v) is 3.43. The fourth-order valence-electron chi connectivity index (χ4n) is 1.69. The molecule has 1 rings (SSSR count). The van der Waals surface area contributed by atoms with Crippen LogP contribution in [0.1, 0.15) is 30.1 Å². The second kappa shape index (κ2) is 7.42. The van der Waals surface area contributed by atoms with Crippen molar-refractivity contribution in [2.75, 3.05) is 17.6 Å². The Labute approximate surface area is 119 Å². The van der Waals surface area contributed by atoms with Crippen molar-refractivity contribution in [3.8, 4) is 0 Å². The first kappa shape index (κ1) is 16.7. The number of hydrogen-bond acceptors (Lipinski definition) is 3. The molecule has 0 unspecified atom stereocenters. The molecule has 0 radical (unpaired) electrons. The molecule has 0 heterocycles. The Morgan fingerprint density at radius 3 is 2.65 bits per heavy atom. The van der Waals surface area contributed by atoms with Gasteiger partial charge in [0.25, 0.3) is 0 Å². The molecule has 0 aliphatic heterocycles. The van der Waals surface area contributed by atoms with E-state index in [1.165, 1.54) is 11.8 Å². The zero-order valence-corrected chi connectivity index (χ0v) is 11.8. The summed E-state index contributed by atoms with van der Waals surface area (Å²) in [6.07, 6.45) is -5.16. The number of aromatic carboxylic acids is 1. The van der Waals surface area contributed by atoms with Gasteiger partial charge in [-0.3, -0.25) is 0 Å². The third kappa shape index (κ3) is 5.32. The molecule has 0 saturated carbocycles. The predicted octanol–water partition coefficient (Wildman–Crippen LogP) is 4.25. The Bertz CT molecular complexity index is 463. The topological polar surface area (TPSA) is 49.3 Å². The van der Waals surface area contributed by atoms with Crippen LogP contribution >= 0.6 is 11.8 Å². The minimum Gasteiger partial charge on any atom is -0.478 e. The van der Waals surface area contributed by atoms with Crippen LogP contribution in [0.3, 0.4) is 0 Å². The monoisotopic (exact) mass is 307 g/mol. The summed E-state index contributed by atoms with van der Waals surface area (Å²) in [7, 11) is 0. The van der Waals surface area contributed by atoms with E-state index in [-0.39, 0.29) is 18.5 Å². The summed E-state index contributed by atoms with van der Waals surface area (Å²) in [5, 5.41) is 12.0. The number of carboxylic acid groups (broad SMARTS) is 1. The first-order valence-corrected chi connectivity index (χ1v) is 7.13. The van der Waals surface area contributed by atoms with Gasteiger partial charge in [-0.25, -0.2) is 4.79 Å². The normalized spacial score (nSPS) is 11.4. The number of benzene rings is 1. The van der Waals surface area contributed by atoms with Gasteiger partial charge in [-0.1, -0.05) is 13.0 Å². The molecule has 0 atom stereocenters. The molecule has 1 aromatic rings. The lowest BCUT2D eigenvalue weighted by Crippen LogP contribution is -2.13. The average molecular weight is 307 g/mol. The maximum Gasteiger partial charge on any atom is 0.389 e. The van der Waals surface area contributed by atoms with Gasteiger partial charge in [0.15, 0.2) is 0 Å². The van der Waals surface area contributed by atoms with Crippen LogP contribution in [0, 0.1) is 0 Å². The molecule has 3 nitrogen and oxygen atoms in total. The highest BCUT2D eigenvalue weighted by Gasteiger charge is 2.26. The third-order valence-electron chi connectivity index (χ3n) is 2.49. The molecule has 0 amide bonds. The lowest BCUT2D eigenvalue weighted by molar-refractivity contribution is -0.134. The number of thioether (sulfide) groups is 1. The number of rotatable bonds is 7. The Balaban J connectivity index is 2.74. The molecule has 20 heavy (non-hydrogen) atoms. The summed E-state index contributed by atoms with van der Waals surface area (Å²) in [5.41, 5.74) is 0.476. The van der Waals surface area contributed by atoms with Crippen molar-refractivity contribution >= 4 is 23.4 Å². The number of carbonyl (C=O) groups is 1. The second-order valence-electron chi connectivity index (χ2n) is 4.06. The van der Waals surface area contributed by atoms with E-state index >= 15 is 0 Å². The van der Waals surface area contributed by atoms with Crippen LogP contribution < -0.4 is 5.32 Å². The van der Waals surface area contributed by atoms with Gasteiger partial charge in [0.2, 0.25) is 0 Å². The molecular formula is C13H16F3NO2S. The average Bonchev–Trinajstić information content (AvgIpc) is 2.33. The predicted molar refractivity (Wildman–Crippen MR) is 73.6 cm³/mol. The van der Waals surface area contributed by atoms with E-state index in [1.807, 2.05) is 6.92 Å². The standard InChI is InChI=1S/C13H16F3NO2S/c1-2-20-10-6-3-5-9(11(10)12(18)19)17-8-4-7-13(14,15)16/h3,5-6,17H,2,4,7-8H2,1H3,(H,18,19). The highest BCUT2D eigenvalue weighted by Crippen LogP contribution is 2.29. The molecule has 0 saturated heterocycles. The number of halogens is 3.